The van der Waals surface area contributed by atoms with Crippen molar-refractivity contribution in [2.75, 3.05) is 12.4 Å². The van der Waals surface area contributed by atoms with Gasteiger partial charge in [-0.1, -0.05) is 17.7 Å². The van der Waals surface area contributed by atoms with Gasteiger partial charge in [0.2, 0.25) is 0 Å². The van der Waals surface area contributed by atoms with Gasteiger partial charge in [0.25, 0.3) is 0 Å². The molecule has 0 amide bonds. The normalized spacial score (nSPS) is 20.8. The molecule has 0 aromatic heterocycles. The lowest BCUT2D eigenvalue weighted by Crippen LogP contribution is -2.32. The first-order valence-electron chi connectivity index (χ1n) is 6.39. The second-order valence-electron chi connectivity index (χ2n) is 4.85. The number of nitrogens with one attached hydrogen (secondary N) is 1. The number of rotatable bonds is 2. The molecule has 3 rings (SSSR count). The van der Waals surface area contributed by atoms with Crippen molar-refractivity contribution in [2.24, 2.45) is 0 Å². The number of phenolic OH excluding ortho intramolecular Hbond substituents is 1. The summed E-state index contributed by atoms with van der Waals surface area (Å²) in [6.45, 7) is 0. The number of nitrogens with zero attached hydrogens (tertiary/aromatic N) is 1. The quantitative estimate of drug-likeness (QED) is 0.816. The van der Waals surface area contributed by atoms with E-state index < -0.39 is 0 Å². The Morgan fingerprint density at radius 3 is 2.65 bits per heavy atom. The fraction of sp³-hybridized carbons (Fsp3) is 0.125. The number of phenols is 1. The number of benzene rings is 1. The van der Waals surface area contributed by atoms with Crippen molar-refractivity contribution >= 4 is 17.3 Å². The summed E-state index contributed by atoms with van der Waals surface area (Å²) < 4.78 is 0. The molecule has 0 saturated heterocycles. The average Bonchev–Trinajstić information content (AvgIpc) is 2.44. The van der Waals surface area contributed by atoms with Gasteiger partial charge in [-0.25, -0.2) is 0 Å². The molecular formula is C16H15ClN2O. The van der Waals surface area contributed by atoms with Crippen LogP contribution in [0.15, 0.2) is 71.1 Å². The van der Waals surface area contributed by atoms with Gasteiger partial charge in [-0.2, -0.15) is 0 Å². The van der Waals surface area contributed by atoms with Crippen molar-refractivity contribution in [3.8, 4) is 5.75 Å². The summed E-state index contributed by atoms with van der Waals surface area (Å²) in [4.78, 5) is 2.11. The van der Waals surface area contributed by atoms with E-state index in [1.807, 2.05) is 49.7 Å². The molecule has 0 bridgehead atoms. The van der Waals surface area contributed by atoms with Crippen molar-refractivity contribution in [1.29, 1.82) is 0 Å². The lowest BCUT2D eigenvalue weighted by atomic mass is 9.96. The number of fused-ring (bicyclic) bond motifs is 1. The van der Waals surface area contributed by atoms with Gasteiger partial charge in [0.1, 0.15) is 5.75 Å². The number of halogens is 1. The van der Waals surface area contributed by atoms with Crippen molar-refractivity contribution in [1.82, 2.24) is 4.90 Å². The molecule has 2 aliphatic rings. The second kappa shape index (κ2) is 5.10. The van der Waals surface area contributed by atoms with Gasteiger partial charge < -0.3 is 15.3 Å². The van der Waals surface area contributed by atoms with E-state index in [0.29, 0.717) is 0 Å². The molecule has 1 aromatic rings. The lowest BCUT2D eigenvalue weighted by Gasteiger charge is -2.32. The van der Waals surface area contributed by atoms with Crippen LogP contribution in [0, 0.1) is 0 Å². The molecule has 1 unspecified atom stereocenters. The Labute approximate surface area is 123 Å². The molecule has 2 N–H and O–H groups in total. The average molecular weight is 287 g/mol. The van der Waals surface area contributed by atoms with Crippen molar-refractivity contribution in [2.45, 2.75) is 6.04 Å². The van der Waals surface area contributed by atoms with Crippen LogP contribution in [0.2, 0.25) is 0 Å². The van der Waals surface area contributed by atoms with E-state index in [0.717, 1.165) is 16.4 Å². The first-order chi connectivity index (χ1) is 9.63. The van der Waals surface area contributed by atoms with Crippen molar-refractivity contribution < 1.29 is 5.11 Å². The smallest absolute Gasteiger partial charge is 0.115 e. The molecule has 1 aromatic carbocycles. The highest BCUT2D eigenvalue weighted by Crippen LogP contribution is 2.29. The molecule has 1 heterocycles. The van der Waals surface area contributed by atoms with E-state index >= 15 is 0 Å². The number of allylic oxidation sites excluding steroid dienone is 3. The molecule has 1 atom stereocenters. The Kier molecular flexibility index (Phi) is 3.28. The molecule has 0 saturated carbocycles. The first kappa shape index (κ1) is 12.9. The minimum absolute atomic E-state index is 0.150. The summed E-state index contributed by atoms with van der Waals surface area (Å²) in [5.41, 5.74) is 3.15. The van der Waals surface area contributed by atoms with Crippen LogP contribution >= 0.6 is 11.6 Å². The van der Waals surface area contributed by atoms with Crippen LogP contribution in [0.1, 0.15) is 0 Å². The maximum Gasteiger partial charge on any atom is 0.115 e. The second-order valence-corrected chi connectivity index (χ2v) is 5.29. The Bertz CT molecular complexity index is 641. The van der Waals surface area contributed by atoms with Gasteiger partial charge in [-0.05, 0) is 42.5 Å². The number of aromatic hydroxyl groups is 1. The van der Waals surface area contributed by atoms with Crippen LogP contribution < -0.4 is 5.32 Å². The first-order valence-corrected chi connectivity index (χ1v) is 6.77. The molecule has 3 nitrogen and oxygen atoms in total. The zero-order valence-corrected chi connectivity index (χ0v) is 11.8. The van der Waals surface area contributed by atoms with E-state index in [4.69, 9.17) is 11.6 Å². The Morgan fingerprint density at radius 1 is 1.15 bits per heavy atom. The van der Waals surface area contributed by atoms with Crippen LogP contribution in [0.3, 0.4) is 0 Å². The Balaban J connectivity index is 1.92. The SMILES string of the molecule is CN1C=CC(Nc2ccc(O)cc2)=C2C=CC(Cl)=CC21. The minimum atomic E-state index is 0.150. The molecule has 20 heavy (non-hydrogen) atoms. The highest BCUT2D eigenvalue weighted by Gasteiger charge is 2.22. The summed E-state index contributed by atoms with van der Waals surface area (Å²) in [6.07, 6.45) is 10.0. The molecule has 1 aliphatic heterocycles. The van der Waals surface area contributed by atoms with Gasteiger partial charge in [-0.3, -0.25) is 0 Å². The predicted octanol–water partition coefficient (Wildman–Crippen LogP) is 3.58. The third-order valence-electron chi connectivity index (χ3n) is 3.43. The van der Waals surface area contributed by atoms with Crippen LogP contribution in [0.25, 0.3) is 0 Å². The molecule has 4 heteroatoms. The van der Waals surface area contributed by atoms with Crippen molar-refractivity contribution in [3.63, 3.8) is 0 Å². The maximum atomic E-state index is 9.32. The van der Waals surface area contributed by atoms with Gasteiger partial charge in [0.05, 0.1) is 6.04 Å². The predicted molar refractivity (Wildman–Crippen MR) is 82.5 cm³/mol. The highest BCUT2D eigenvalue weighted by atomic mass is 35.5. The minimum Gasteiger partial charge on any atom is -0.508 e. The number of hydrogen-bond acceptors (Lipinski definition) is 3. The third-order valence-corrected chi connectivity index (χ3v) is 3.68. The summed E-state index contributed by atoms with van der Waals surface area (Å²) in [7, 11) is 2.03. The van der Waals surface area contributed by atoms with E-state index in [9.17, 15) is 5.11 Å². The molecule has 1 aliphatic carbocycles. The monoisotopic (exact) mass is 286 g/mol. The fourth-order valence-electron chi connectivity index (χ4n) is 2.35. The fourth-order valence-corrected chi connectivity index (χ4v) is 2.53. The van der Waals surface area contributed by atoms with E-state index in [-0.39, 0.29) is 11.8 Å². The highest BCUT2D eigenvalue weighted by molar-refractivity contribution is 6.31. The standard InChI is InChI=1S/C16H15ClN2O/c1-19-9-8-15(14-7-2-11(17)10-16(14)19)18-12-3-5-13(20)6-4-12/h2-10,16,18,20H,1H3. The third kappa shape index (κ3) is 2.45. The Hall–Kier alpha value is -2.13. The molecule has 102 valence electrons. The van der Waals surface area contributed by atoms with Crippen LogP contribution in [-0.4, -0.2) is 23.1 Å². The lowest BCUT2D eigenvalue weighted by molar-refractivity contribution is 0.419. The van der Waals surface area contributed by atoms with Crippen LogP contribution in [0.4, 0.5) is 5.69 Å². The molecular weight excluding hydrogens is 272 g/mol. The van der Waals surface area contributed by atoms with Crippen LogP contribution in [0.5, 0.6) is 5.75 Å². The zero-order valence-electron chi connectivity index (χ0n) is 11.0. The zero-order chi connectivity index (χ0) is 14.1. The van der Waals surface area contributed by atoms with Gasteiger partial charge in [-0.15, -0.1) is 0 Å². The van der Waals surface area contributed by atoms with Crippen LogP contribution in [-0.2, 0) is 0 Å². The topological polar surface area (TPSA) is 35.5 Å². The number of hydrogen-bond donors (Lipinski definition) is 2. The summed E-state index contributed by atoms with van der Waals surface area (Å²) in [6, 6.07) is 7.17. The van der Waals surface area contributed by atoms with Gasteiger partial charge in [0.15, 0.2) is 0 Å². The van der Waals surface area contributed by atoms with Gasteiger partial charge in [0, 0.05) is 35.2 Å². The summed E-state index contributed by atoms with van der Waals surface area (Å²) in [5.74, 6) is 0.261. The number of likely N-dealkylation sites (N-methyl/N-ethyl adjacent to an activating group) is 1. The summed E-state index contributed by atoms with van der Waals surface area (Å²) >= 11 is 6.08. The summed E-state index contributed by atoms with van der Waals surface area (Å²) in [5, 5.41) is 13.4. The van der Waals surface area contributed by atoms with Gasteiger partial charge >= 0.3 is 0 Å². The van der Waals surface area contributed by atoms with E-state index in [1.165, 1.54) is 5.57 Å². The Morgan fingerprint density at radius 2 is 1.90 bits per heavy atom. The van der Waals surface area contributed by atoms with Crippen molar-refractivity contribution in [3.05, 3.63) is 71.1 Å². The maximum absolute atomic E-state index is 9.32. The molecule has 0 fully saturated rings. The number of anilines is 1. The van der Waals surface area contributed by atoms with E-state index in [2.05, 4.69) is 10.2 Å². The molecule has 0 radical (unpaired) electrons. The molecule has 0 spiro atoms. The largest absolute Gasteiger partial charge is 0.508 e. The van der Waals surface area contributed by atoms with E-state index in [1.54, 1.807) is 12.1 Å².